The molecule has 2 aromatic heterocycles. The monoisotopic (exact) mass is 438 g/mol. The number of halogens is 3. The highest BCUT2D eigenvalue weighted by Crippen LogP contribution is 2.40. The summed E-state index contributed by atoms with van der Waals surface area (Å²) in [4.78, 5) is 18.5. The Kier molecular flexibility index (Phi) is 4.80. The number of benzene rings is 2. The highest BCUT2D eigenvalue weighted by molar-refractivity contribution is 5.95. The van der Waals surface area contributed by atoms with Gasteiger partial charge in [-0.25, -0.2) is 0 Å². The first-order valence-corrected chi connectivity index (χ1v) is 10.5. The number of hydrogen-bond acceptors (Lipinski definition) is 2. The van der Waals surface area contributed by atoms with Gasteiger partial charge in [-0.2, -0.15) is 18.3 Å². The molecule has 0 bridgehead atoms. The summed E-state index contributed by atoms with van der Waals surface area (Å²) < 4.78 is 42.0. The fourth-order valence-corrected chi connectivity index (χ4v) is 4.50. The predicted octanol–water partition coefficient (Wildman–Crippen LogP) is 5.19. The van der Waals surface area contributed by atoms with Gasteiger partial charge in [0.05, 0.1) is 23.4 Å². The van der Waals surface area contributed by atoms with Gasteiger partial charge in [0.1, 0.15) is 0 Å². The van der Waals surface area contributed by atoms with Crippen LogP contribution in [-0.4, -0.2) is 32.1 Å². The molecule has 0 fully saturated rings. The molecular weight excluding hydrogens is 417 g/mol. The van der Waals surface area contributed by atoms with Gasteiger partial charge in [0.2, 0.25) is 0 Å². The molecule has 0 radical (unpaired) electrons. The second kappa shape index (κ2) is 7.55. The number of nitrogens with zero attached hydrogens (tertiary/aromatic N) is 3. The molecule has 0 spiro atoms. The number of alkyl halides is 3. The molecule has 32 heavy (non-hydrogen) atoms. The van der Waals surface area contributed by atoms with Crippen LogP contribution < -0.4 is 0 Å². The molecule has 4 aromatic rings. The van der Waals surface area contributed by atoms with E-state index in [1.165, 1.54) is 12.3 Å². The first-order valence-electron chi connectivity index (χ1n) is 10.5. The first kappa shape index (κ1) is 20.4. The number of aryl methyl sites for hydroxylation is 1. The normalized spacial score (nSPS) is 16.4. The minimum Gasteiger partial charge on any atom is -0.356 e. The quantitative estimate of drug-likeness (QED) is 0.479. The number of carbonyl (C=O) groups excluding carboxylic acids is 1. The van der Waals surface area contributed by atoms with Gasteiger partial charge in [0.25, 0.3) is 5.91 Å². The van der Waals surface area contributed by atoms with Crippen molar-refractivity contribution in [2.24, 2.45) is 0 Å². The van der Waals surface area contributed by atoms with E-state index in [1.54, 1.807) is 21.8 Å². The summed E-state index contributed by atoms with van der Waals surface area (Å²) in [7, 11) is 0. The van der Waals surface area contributed by atoms with E-state index in [2.05, 4.69) is 10.1 Å². The smallest absolute Gasteiger partial charge is 0.356 e. The Hall–Kier alpha value is -3.55. The van der Waals surface area contributed by atoms with Gasteiger partial charge in [-0.15, -0.1) is 0 Å². The van der Waals surface area contributed by atoms with Crippen LogP contribution in [0, 0.1) is 0 Å². The van der Waals surface area contributed by atoms with E-state index in [-0.39, 0.29) is 5.91 Å². The zero-order valence-corrected chi connectivity index (χ0v) is 17.4. The highest BCUT2D eigenvalue weighted by Gasteiger charge is 2.37. The molecular formula is C24H21F3N4O. The van der Waals surface area contributed by atoms with Gasteiger partial charge < -0.3 is 9.88 Å². The fraction of sp³-hybridized carbons (Fsp3) is 0.250. The number of H-pyrrole nitrogens is 1. The van der Waals surface area contributed by atoms with Crippen molar-refractivity contribution < 1.29 is 18.0 Å². The molecule has 1 aliphatic rings. The lowest BCUT2D eigenvalue weighted by molar-refractivity contribution is -0.137. The lowest BCUT2D eigenvalue weighted by Crippen LogP contribution is -2.40. The average molecular weight is 438 g/mol. The van der Waals surface area contributed by atoms with Gasteiger partial charge in [0, 0.05) is 35.9 Å². The lowest BCUT2D eigenvalue weighted by Gasteiger charge is -2.36. The highest BCUT2D eigenvalue weighted by atomic mass is 19.4. The summed E-state index contributed by atoms with van der Waals surface area (Å²) >= 11 is 0. The molecule has 1 N–H and O–H groups in total. The summed E-state index contributed by atoms with van der Waals surface area (Å²) in [5.74, 6) is -0.253. The summed E-state index contributed by atoms with van der Waals surface area (Å²) in [6.45, 7) is 2.94. The maximum absolute atomic E-state index is 13.5. The molecule has 0 unspecified atom stereocenters. The molecule has 8 heteroatoms. The molecule has 3 heterocycles. The third-order valence-electron chi connectivity index (χ3n) is 6.03. The van der Waals surface area contributed by atoms with Gasteiger partial charge in [-0.3, -0.25) is 9.48 Å². The maximum atomic E-state index is 13.5. The Labute approximate surface area is 182 Å². The van der Waals surface area contributed by atoms with Crippen LogP contribution in [-0.2, 0) is 19.1 Å². The minimum absolute atomic E-state index is 0.253. The van der Waals surface area contributed by atoms with E-state index < -0.39 is 17.8 Å². The number of aromatic amines is 1. The first-order chi connectivity index (χ1) is 15.4. The van der Waals surface area contributed by atoms with Gasteiger partial charge >= 0.3 is 6.18 Å². The van der Waals surface area contributed by atoms with Gasteiger partial charge in [-0.05, 0) is 42.7 Å². The number of rotatable bonds is 3. The molecule has 2 aromatic carbocycles. The van der Waals surface area contributed by atoms with Gasteiger partial charge in [-0.1, -0.05) is 30.3 Å². The van der Waals surface area contributed by atoms with Crippen LogP contribution >= 0.6 is 0 Å². The van der Waals surface area contributed by atoms with Crippen LogP contribution in [0.15, 0.2) is 60.9 Å². The molecule has 1 aliphatic heterocycles. The number of nitrogens with one attached hydrogen (secondary N) is 1. The number of aromatic nitrogens is 3. The second-order valence-corrected chi connectivity index (χ2v) is 7.92. The van der Waals surface area contributed by atoms with E-state index in [4.69, 9.17) is 0 Å². The summed E-state index contributed by atoms with van der Waals surface area (Å²) in [5.41, 5.74) is 2.81. The molecule has 0 aliphatic carbocycles. The van der Waals surface area contributed by atoms with E-state index in [0.717, 1.165) is 34.3 Å². The van der Waals surface area contributed by atoms with E-state index >= 15 is 0 Å². The lowest BCUT2D eigenvalue weighted by atomic mass is 9.91. The molecule has 1 amide bonds. The molecule has 164 valence electrons. The fourth-order valence-electron chi connectivity index (χ4n) is 4.50. The topological polar surface area (TPSA) is 53.9 Å². The van der Waals surface area contributed by atoms with Crippen molar-refractivity contribution in [3.05, 3.63) is 88.9 Å². The number of para-hydroxylation sites is 1. The average Bonchev–Trinajstić information content (AvgIpc) is 3.42. The zero-order valence-electron chi connectivity index (χ0n) is 17.4. The molecule has 0 saturated carbocycles. The maximum Gasteiger partial charge on any atom is 0.416 e. The van der Waals surface area contributed by atoms with Crippen molar-refractivity contribution in [1.82, 2.24) is 19.7 Å². The summed E-state index contributed by atoms with van der Waals surface area (Å²) in [5, 5.41) is 5.22. The summed E-state index contributed by atoms with van der Waals surface area (Å²) in [6.07, 6.45) is -0.671. The van der Waals surface area contributed by atoms with Crippen molar-refractivity contribution >= 4 is 16.8 Å². The number of hydrogen-bond donors (Lipinski definition) is 1. The molecule has 0 saturated heterocycles. The van der Waals surface area contributed by atoms with E-state index in [1.807, 2.05) is 31.2 Å². The SMILES string of the molecule is CCn1cc(C(=O)N2CCc3c([nH]c4ccccc34)[C@@H]2c2cccc(C(F)(F)F)c2)cn1. The van der Waals surface area contributed by atoms with Crippen molar-refractivity contribution in [2.75, 3.05) is 6.54 Å². The number of amides is 1. The Morgan fingerprint density at radius 1 is 1.19 bits per heavy atom. The minimum atomic E-state index is -4.47. The standard InChI is InChI=1S/C24H21F3N4O/c1-2-30-14-16(13-28-30)23(32)31-11-10-19-18-8-3-4-9-20(18)29-21(19)22(31)15-6-5-7-17(12-15)24(25,26)27/h3-9,12-14,22,29H,2,10-11H2,1H3/t22-/m0/s1. The van der Waals surface area contributed by atoms with Crippen LogP contribution in [0.2, 0.25) is 0 Å². The van der Waals surface area contributed by atoms with Crippen LogP contribution in [0.3, 0.4) is 0 Å². The third-order valence-corrected chi connectivity index (χ3v) is 6.03. The van der Waals surface area contributed by atoms with Crippen LogP contribution in [0.1, 0.15) is 45.7 Å². The Morgan fingerprint density at radius 3 is 2.75 bits per heavy atom. The predicted molar refractivity (Wildman–Crippen MR) is 114 cm³/mol. The molecule has 1 atom stereocenters. The number of fused-ring (bicyclic) bond motifs is 3. The second-order valence-electron chi connectivity index (χ2n) is 7.92. The number of carbonyl (C=O) groups is 1. The molecule has 5 nitrogen and oxygen atoms in total. The largest absolute Gasteiger partial charge is 0.416 e. The zero-order chi connectivity index (χ0) is 22.5. The summed E-state index contributed by atoms with van der Waals surface area (Å²) in [6, 6.07) is 12.4. The van der Waals surface area contributed by atoms with Gasteiger partial charge in [0.15, 0.2) is 0 Å². The van der Waals surface area contributed by atoms with Crippen LogP contribution in [0.4, 0.5) is 13.2 Å². The van der Waals surface area contributed by atoms with Crippen molar-refractivity contribution in [2.45, 2.75) is 32.1 Å². The van der Waals surface area contributed by atoms with Crippen LogP contribution in [0.25, 0.3) is 10.9 Å². The van der Waals surface area contributed by atoms with E-state index in [0.29, 0.717) is 30.6 Å². The molecule has 5 rings (SSSR count). The van der Waals surface area contributed by atoms with Crippen molar-refractivity contribution in [1.29, 1.82) is 0 Å². The van der Waals surface area contributed by atoms with Crippen LogP contribution in [0.5, 0.6) is 0 Å². The Balaban J connectivity index is 1.66. The van der Waals surface area contributed by atoms with E-state index in [9.17, 15) is 18.0 Å². The Bertz CT molecular complexity index is 1300. The third kappa shape index (κ3) is 3.36. The van der Waals surface area contributed by atoms with Crippen molar-refractivity contribution in [3.63, 3.8) is 0 Å². The Morgan fingerprint density at radius 2 is 2.00 bits per heavy atom. The van der Waals surface area contributed by atoms with Crippen molar-refractivity contribution in [3.8, 4) is 0 Å².